The first-order valence-corrected chi connectivity index (χ1v) is 8.01. The van der Waals surface area contributed by atoms with Gasteiger partial charge in [-0.1, -0.05) is 0 Å². The summed E-state index contributed by atoms with van der Waals surface area (Å²) in [4.78, 5) is 21.5. The van der Waals surface area contributed by atoms with Crippen LogP contribution in [0.4, 0.5) is 4.79 Å². The Morgan fingerprint density at radius 1 is 0.636 bits per heavy atom. The number of nitrogens with zero attached hydrogens (tertiary/aromatic N) is 4. The second-order valence-electron chi connectivity index (χ2n) is 6.52. The molecule has 0 aromatic carbocycles. The van der Waals surface area contributed by atoms with E-state index in [9.17, 15) is 4.79 Å². The molecule has 2 fully saturated rings. The Morgan fingerprint density at radius 2 is 0.909 bits per heavy atom. The van der Waals surface area contributed by atoms with E-state index in [1.165, 1.54) is 0 Å². The van der Waals surface area contributed by atoms with Crippen molar-refractivity contribution >= 4 is 30.8 Å². The fourth-order valence-electron chi connectivity index (χ4n) is 3.06. The van der Waals surface area contributed by atoms with Gasteiger partial charge >= 0.3 is 6.03 Å². The predicted molar refractivity (Wildman–Crippen MR) is 96.5 cm³/mol. The summed E-state index contributed by atoms with van der Waals surface area (Å²) in [6, 6.07) is 1.42. The molecule has 0 unspecified atom stereocenters. The van der Waals surface area contributed by atoms with E-state index >= 15 is 0 Å². The fourth-order valence-corrected chi connectivity index (χ4v) is 3.06. The van der Waals surface area contributed by atoms with E-state index in [0.29, 0.717) is 12.1 Å². The van der Waals surface area contributed by atoms with Crippen LogP contribution in [0.2, 0.25) is 0 Å². The molecular weight excluding hydrogens is 323 g/mol. The van der Waals surface area contributed by atoms with Crippen molar-refractivity contribution in [3.8, 4) is 0 Å². The average molecular weight is 355 g/mol. The van der Waals surface area contributed by atoms with E-state index in [1.54, 1.807) is 0 Å². The summed E-state index contributed by atoms with van der Waals surface area (Å²) in [5.41, 5.74) is 0. The maximum absolute atomic E-state index is 12.5. The van der Waals surface area contributed by atoms with E-state index < -0.39 is 0 Å². The molecule has 2 rings (SSSR count). The highest BCUT2D eigenvalue weighted by atomic mass is 35.5. The molecule has 0 aromatic rings. The second kappa shape index (κ2) is 9.81. The third kappa shape index (κ3) is 5.44. The van der Waals surface area contributed by atoms with E-state index in [4.69, 9.17) is 0 Å². The monoisotopic (exact) mass is 354 g/mol. The lowest BCUT2D eigenvalue weighted by molar-refractivity contribution is 0.0756. The van der Waals surface area contributed by atoms with Gasteiger partial charge in [-0.3, -0.25) is 9.80 Å². The lowest BCUT2D eigenvalue weighted by Crippen LogP contribution is -2.58. The number of carbonyl (C=O) groups excluding carboxylic acids is 1. The largest absolute Gasteiger partial charge is 0.322 e. The summed E-state index contributed by atoms with van der Waals surface area (Å²) in [7, 11) is 0. The first-order chi connectivity index (χ1) is 9.49. The molecule has 0 bridgehead atoms. The Bertz CT molecular complexity index is 296. The Hall–Kier alpha value is -0.230. The van der Waals surface area contributed by atoms with Crippen molar-refractivity contribution in [1.82, 2.24) is 19.6 Å². The molecule has 22 heavy (non-hydrogen) atoms. The van der Waals surface area contributed by atoms with Crippen molar-refractivity contribution in [2.24, 2.45) is 0 Å². The molecule has 2 aliphatic heterocycles. The van der Waals surface area contributed by atoms with Gasteiger partial charge in [-0.2, -0.15) is 0 Å². The number of hydrogen-bond donors (Lipinski definition) is 0. The molecule has 0 radical (unpaired) electrons. The lowest BCUT2D eigenvalue weighted by atomic mass is 10.2. The minimum Gasteiger partial charge on any atom is -0.322 e. The zero-order chi connectivity index (χ0) is 14.7. The van der Waals surface area contributed by atoms with Crippen LogP contribution in [-0.2, 0) is 0 Å². The van der Waals surface area contributed by atoms with Crippen LogP contribution in [0, 0.1) is 0 Å². The van der Waals surface area contributed by atoms with Gasteiger partial charge in [0, 0.05) is 64.4 Å². The second-order valence-corrected chi connectivity index (χ2v) is 6.52. The van der Waals surface area contributed by atoms with Crippen molar-refractivity contribution in [2.75, 3.05) is 52.4 Å². The molecule has 0 N–H and O–H groups in total. The van der Waals surface area contributed by atoms with Gasteiger partial charge in [0.25, 0.3) is 0 Å². The summed E-state index contributed by atoms with van der Waals surface area (Å²) >= 11 is 0. The van der Waals surface area contributed by atoms with Crippen LogP contribution in [0.1, 0.15) is 27.7 Å². The number of amides is 2. The Morgan fingerprint density at radius 3 is 1.14 bits per heavy atom. The maximum atomic E-state index is 12.5. The molecule has 0 atom stereocenters. The van der Waals surface area contributed by atoms with Gasteiger partial charge in [0.05, 0.1) is 0 Å². The smallest absolute Gasteiger partial charge is 0.320 e. The van der Waals surface area contributed by atoms with Gasteiger partial charge in [-0.15, -0.1) is 24.8 Å². The van der Waals surface area contributed by atoms with E-state index in [0.717, 1.165) is 52.4 Å². The van der Waals surface area contributed by atoms with Crippen LogP contribution in [0.15, 0.2) is 0 Å². The number of urea groups is 1. The van der Waals surface area contributed by atoms with Gasteiger partial charge in [-0.05, 0) is 27.7 Å². The fraction of sp³-hybridized carbons (Fsp3) is 0.933. The number of carbonyl (C=O) groups is 1. The Labute approximate surface area is 147 Å². The highest BCUT2D eigenvalue weighted by Gasteiger charge is 2.28. The zero-order valence-electron chi connectivity index (χ0n) is 14.3. The molecule has 5 nitrogen and oxygen atoms in total. The molecule has 7 heteroatoms. The molecule has 0 aromatic heterocycles. The molecule has 2 aliphatic rings. The lowest BCUT2D eigenvalue weighted by Gasteiger charge is -2.42. The summed E-state index contributed by atoms with van der Waals surface area (Å²) < 4.78 is 0. The van der Waals surface area contributed by atoms with Crippen LogP contribution in [0.5, 0.6) is 0 Å². The van der Waals surface area contributed by atoms with Gasteiger partial charge in [-0.25, -0.2) is 4.79 Å². The molecule has 2 heterocycles. The summed E-state index contributed by atoms with van der Waals surface area (Å²) in [5.74, 6) is 0. The van der Waals surface area contributed by atoms with E-state index in [2.05, 4.69) is 37.5 Å². The third-order valence-electron chi connectivity index (χ3n) is 4.63. The van der Waals surface area contributed by atoms with Crippen LogP contribution in [0.25, 0.3) is 0 Å². The van der Waals surface area contributed by atoms with Crippen molar-refractivity contribution in [3.05, 3.63) is 0 Å². The minimum absolute atomic E-state index is 0. The molecule has 0 spiro atoms. The quantitative estimate of drug-likeness (QED) is 0.759. The van der Waals surface area contributed by atoms with Crippen LogP contribution < -0.4 is 0 Å². The molecule has 0 saturated carbocycles. The van der Waals surface area contributed by atoms with Crippen molar-refractivity contribution in [1.29, 1.82) is 0 Å². The summed E-state index contributed by atoms with van der Waals surface area (Å²) in [6.07, 6.45) is 0. The van der Waals surface area contributed by atoms with Crippen molar-refractivity contribution < 1.29 is 4.79 Å². The zero-order valence-corrected chi connectivity index (χ0v) is 16.0. The molecule has 2 amide bonds. The predicted octanol–water partition coefficient (Wildman–Crippen LogP) is 2.00. The first kappa shape index (κ1) is 21.8. The highest BCUT2D eigenvalue weighted by Crippen LogP contribution is 2.11. The van der Waals surface area contributed by atoms with Crippen molar-refractivity contribution in [3.63, 3.8) is 0 Å². The van der Waals surface area contributed by atoms with Gasteiger partial charge in [0.15, 0.2) is 0 Å². The Balaban J connectivity index is 0.00000220. The van der Waals surface area contributed by atoms with E-state index in [-0.39, 0.29) is 30.8 Å². The number of hydrogen-bond acceptors (Lipinski definition) is 3. The summed E-state index contributed by atoms with van der Waals surface area (Å²) in [5, 5.41) is 0. The Kier molecular flexibility index (Phi) is 9.71. The van der Waals surface area contributed by atoms with E-state index in [1.807, 2.05) is 9.80 Å². The standard InChI is InChI=1S/C15H30N4O.2ClH/c1-13(2)16-5-9-18(10-6-16)15(20)19-11-7-17(8-12-19)14(3)4;;/h13-14H,5-12H2,1-4H3;2*1H. The highest BCUT2D eigenvalue weighted by molar-refractivity contribution is 5.85. The summed E-state index contributed by atoms with van der Waals surface area (Å²) in [6.45, 7) is 16.4. The minimum atomic E-state index is 0. The number of halogens is 2. The molecule has 132 valence electrons. The van der Waals surface area contributed by atoms with Gasteiger partial charge < -0.3 is 9.80 Å². The maximum Gasteiger partial charge on any atom is 0.320 e. The topological polar surface area (TPSA) is 30.0 Å². The number of piperazine rings is 2. The molecular formula is C15H32Cl2N4O. The van der Waals surface area contributed by atoms with Crippen LogP contribution >= 0.6 is 24.8 Å². The average Bonchev–Trinajstić information content (AvgIpc) is 2.46. The first-order valence-electron chi connectivity index (χ1n) is 8.01. The number of rotatable bonds is 2. The normalized spacial score (nSPS) is 20.8. The van der Waals surface area contributed by atoms with Crippen LogP contribution in [-0.4, -0.2) is 90.1 Å². The van der Waals surface area contributed by atoms with Gasteiger partial charge in [0.1, 0.15) is 0 Å². The molecule has 0 aliphatic carbocycles. The third-order valence-corrected chi connectivity index (χ3v) is 4.63. The van der Waals surface area contributed by atoms with Gasteiger partial charge in [0.2, 0.25) is 0 Å². The van der Waals surface area contributed by atoms with Crippen molar-refractivity contribution in [2.45, 2.75) is 39.8 Å². The SMILES string of the molecule is CC(C)N1CCN(C(=O)N2CCN(C(C)C)CC2)CC1.Cl.Cl. The molecule has 2 saturated heterocycles. The van der Waals surface area contributed by atoms with Crippen LogP contribution in [0.3, 0.4) is 0 Å².